The second kappa shape index (κ2) is 11.2. The van der Waals surface area contributed by atoms with Crippen LogP contribution in [0, 0.1) is 0 Å². The number of ether oxygens (including phenoxy) is 2. The Labute approximate surface area is 222 Å². The molecule has 10 heteroatoms. The van der Waals surface area contributed by atoms with Crippen LogP contribution >= 0.6 is 0 Å². The van der Waals surface area contributed by atoms with Crippen LogP contribution in [0.1, 0.15) is 32.0 Å². The Morgan fingerprint density at radius 1 is 0.846 bits per heavy atom. The summed E-state index contributed by atoms with van der Waals surface area (Å²) in [5, 5.41) is 17.7. The lowest BCUT2D eigenvalue weighted by molar-refractivity contribution is -0.255. The van der Waals surface area contributed by atoms with Crippen molar-refractivity contribution in [3.05, 3.63) is 113 Å². The van der Waals surface area contributed by atoms with Gasteiger partial charge >= 0.3 is 0 Å². The Kier molecular flexibility index (Phi) is 7.17. The average molecular weight is 522 g/mol. The van der Waals surface area contributed by atoms with Gasteiger partial charge in [0.15, 0.2) is 11.5 Å². The highest BCUT2D eigenvalue weighted by molar-refractivity contribution is 6.05. The first kappa shape index (κ1) is 25.0. The molecule has 2 N–H and O–H groups in total. The van der Waals surface area contributed by atoms with Crippen LogP contribution in [0.5, 0.6) is 11.5 Å². The predicted molar refractivity (Wildman–Crippen MR) is 139 cm³/mol. The maximum absolute atomic E-state index is 13.0. The van der Waals surface area contributed by atoms with Crippen LogP contribution in [-0.4, -0.2) is 30.8 Å². The zero-order valence-electron chi connectivity index (χ0n) is 20.2. The number of furan rings is 1. The van der Waals surface area contributed by atoms with Gasteiger partial charge in [0.05, 0.1) is 12.2 Å². The molecule has 0 atom stereocenters. The summed E-state index contributed by atoms with van der Waals surface area (Å²) in [4.78, 5) is 36.9. The molecule has 194 valence electrons. The molecule has 0 unspecified atom stereocenters. The van der Waals surface area contributed by atoms with Crippen LogP contribution in [0.3, 0.4) is 0 Å². The van der Waals surface area contributed by atoms with E-state index < -0.39 is 17.8 Å². The topological polar surface area (TPSA) is 142 Å². The highest BCUT2D eigenvalue weighted by atomic mass is 16.7. The molecule has 1 aromatic heterocycles. The number of carbonyl (C=O) groups excluding carboxylic acids is 3. The number of nitrogens with one attached hydrogen (secondary N) is 2. The van der Waals surface area contributed by atoms with Gasteiger partial charge in [-0.25, -0.2) is 5.43 Å². The first-order chi connectivity index (χ1) is 19.0. The number of benzene rings is 3. The van der Waals surface area contributed by atoms with E-state index in [1.165, 1.54) is 24.4 Å². The lowest BCUT2D eigenvalue weighted by Gasteiger charge is -2.09. The molecule has 0 saturated carbocycles. The van der Waals surface area contributed by atoms with E-state index in [0.29, 0.717) is 39.7 Å². The second-order valence-corrected chi connectivity index (χ2v) is 8.26. The molecule has 39 heavy (non-hydrogen) atoms. The standard InChI is InChI=1S/C29H21N3O7/c33-27(19-5-2-1-3-6-19)31-23(13-18-9-11-25-26(14-18)38-17-37-25)28(34)32-30-16-22-10-12-24(39-22)20-7-4-8-21(15-20)29(35)36/h1-16H,17H2,(H,31,33)(H,32,34)(H,35,36)/p-1/b23-13+,30-16-. The van der Waals surface area contributed by atoms with Crippen LogP contribution in [0.4, 0.5) is 0 Å². The van der Waals surface area contributed by atoms with Crippen LogP contribution in [0.25, 0.3) is 17.4 Å². The van der Waals surface area contributed by atoms with Crippen LogP contribution in [-0.2, 0) is 4.79 Å². The van der Waals surface area contributed by atoms with Crippen molar-refractivity contribution in [3.63, 3.8) is 0 Å². The van der Waals surface area contributed by atoms with Gasteiger partial charge in [0, 0.05) is 11.1 Å². The molecule has 0 fully saturated rings. The minimum atomic E-state index is -1.29. The van der Waals surface area contributed by atoms with E-state index in [0.717, 1.165) is 0 Å². The number of carbonyl (C=O) groups is 3. The number of aromatic carboxylic acids is 1. The largest absolute Gasteiger partial charge is 0.545 e. The normalized spacial score (nSPS) is 12.4. The van der Waals surface area contributed by atoms with E-state index in [4.69, 9.17) is 13.9 Å². The molecule has 1 aliphatic rings. The molecule has 2 heterocycles. The highest BCUT2D eigenvalue weighted by Crippen LogP contribution is 2.33. The quantitative estimate of drug-likeness (QED) is 0.206. The number of hydrazone groups is 1. The third kappa shape index (κ3) is 6.03. The van der Waals surface area contributed by atoms with E-state index >= 15 is 0 Å². The fourth-order valence-corrected chi connectivity index (χ4v) is 3.70. The van der Waals surface area contributed by atoms with E-state index in [1.807, 2.05) is 0 Å². The van der Waals surface area contributed by atoms with Gasteiger partial charge in [0.1, 0.15) is 17.2 Å². The summed E-state index contributed by atoms with van der Waals surface area (Å²) in [6.45, 7) is 0.103. The maximum Gasteiger partial charge on any atom is 0.287 e. The van der Waals surface area contributed by atoms with Gasteiger partial charge in [-0.3, -0.25) is 9.59 Å². The fourth-order valence-electron chi connectivity index (χ4n) is 3.70. The van der Waals surface area contributed by atoms with Crippen molar-refractivity contribution in [3.8, 4) is 22.8 Å². The Bertz CT molecular complexity index is 1610. The summed E-state index contributed by atoms with van der Waals surface area (Å²) in [6.07, 6.45) is 2.77. The number of nitrogens with zero attached hydrogens (tertiary/aromatic N) is 1. The molecule has 0 radical (unpaired) electrons. The fraction of sp³-hybridized carbons (Fsp3) is 0.0345. The third-order valence-corrected chi connectivity index (χ3v) is 5.60. The van der Waals surface area contributed by atoms with Crippen molar-refractivity contribution < 1.29 is 33.4 Å². The van der Waals surface area contributed by atoms with Gasteiger partial charge < -0.3 is 29.1 Å². The minimum absolute atomic E-state index is 0.0192. The molecule has 1 aliphatic heterocycles. The molecule has 3 aromatic carbocycles. The lowest BCUT2D eigenvalue weighted by atomic mass is 10.1. The van der Waals surface area contributed by atoms with Gasteiger partial charge in [-0.2, -0.15) is 5.10 Å². The number of hydrogen-bond acceptors (Lipinski definition) is 8. The van der Waals surface area contributed by atoms with Gasteiger partial charge in [0.2, 0.25) is 6.79 Å². The molecule has 10 nitrogen and oxygen atoms in total. The zero-order chi connectivity index (χ0) is 27.2. The number of rotatable bonds is 8. The molecule has 2 amide bonds. The van der Waals surface area contributed by atoms with Crippen LogP contribution < -0.4 is 25.3 Å². The number of fused-ring (bicyclic) bond motifs is 1. The summed E-state index contributed by atoms with van der Waals surface area (Å²) in [5.41, 5.74) is 3.85. The first-order valence-electron chi connectivity index (χ1n) is 11.7. The van der Waals surface area contributed by atoms with Crippen molar-refractivity contribution in [2.75, 3.05) is 6.79 Å². The minimum Gasteiger partial charge on any atom is -0.545 e. The molecule has 5 rings (SSSR count). The summed E-state index contributed by atoms with van der Waals surface area (Å²) < 4.78 is 16.4. The van der Waals surface area contributed by atoms with E-state index in [9.17, 15) is 19.5 Å². The Hall–Kier alpha value is -5.64. The van der Waals surface area contributed by atoms with Crippen molar-refractivity contribution >= 4 is 30.1 Å². The van der Waals surface area contributed by atoms with Crippen molar-refractivity contribution in [1.29, 1.82) is 0 Å². The molecule has 0 bridgehead atoms. The van der Waals surface area contributed by atoms with Crippen LogP contribution in [0.15, 0.2) is 100 Å². The van der Waals surface area contributed by atoms with Gasteiger partial charge in [-0.15, -0.1) is 0 Å². The Morgan fingerprint density at radius 2 is 1.64 bits per heavy atom. The zero-order valence-corrected chi connectivity index (χ0v) is 20.2. The lowest BCUT2D eigenvalue weighted by Crippen LogP contribution is -2.32. The van der Waals surface area contributed by atoms with E-state index in [2.05, 4.69) is 15.8 Å². The number of amides is 2. The second-order valence-electron chi connectivity index (χ2n) is 8.26. The summed E-state index contributed by atoms with van der Waals surface area (Å²) in [7, 11) is 0. The number of carboxylic acid groups (broad SMARTS) is 1. The SMILES string of the molecule is O=C(N/N=C\c1ccc(-c2cccc(C(=O)[O-])c2)o1)/C(=C\c1ccc2c(c1)OCO2)NC(=O)c1ccccc1. The molecule has 4 aromatic rings. The average Bonchev–Trinajstić information content (AvgIpc) is 3.63. The number of carboxylic acids is 1. The molecule has 0 aliphatic carbocycles. The molecule has 0 spiro atoms. The maximum atomic E-state index is 13.0. The summed E-state index contributed by atoms with van der Waals surface area (Å²) >= 11 is 0. The van der Waals surface area contributed by atoms with Crippen molar-refractivity contribution in [2.24, 2.45) is 5.10 Å². The summed E-state index contributed by atoms with van der Waals surface area (Å²) in [6, 6.07) is 22.9. The molecule has 0 saturated heterocycles. The number of hydrogen-bond donors (Lipinski definition) is 2. The molecular weight excluding hydrogens is 502 g/mol. The third-order valence-electron chi connectivity index (χ3n) is 5.60. The Balaban J connectivity index is 1.33. The van der Waals surface area contributed by atoms with E-state index in [-0.39, 0.29) is 18.1 Å². The van der Waals surface area contributed by atoms with Crippen molar-refractivity contribution in [1.82, 2.24) is 10.7 Å². The smallest absolute Gasteiger partial charge is 0.287 e. The predicted octanol–water partition coefficient (Wildman–Crippen LogP) is 2.96. The first-order valence-corrected chi connectivity index (χ1v) is 11.7. The van der Waals surface area contributed by atoms with Crippen molar-refractivity contribution in [2.45, 2.75) is 0 Å². The van der Waals surface area contributed by atoms with Gasteiger partial charge in [-0.1, -0.05) is 42.5 Å². The molecular formula is C29H20N3O7-. The Morgan fingerprint density at radius 3 is 2.46 bits per heavy atom. The highest BCUT2D eigenvalue weighted by Gasteiger charge is 2.17. The van der Waals surface area contributed by atoms with Gasteiger partial charge in [0.25, 0.3) is 11.8 Å². The van der Waals surface area contributed by atoms with Gasteiger partial charge in [-0.05, 0) is 59.7 Å². The summed E-state index contributed by atoms with van der Waals surface area (Å²) in [5.74, 6) is -0.632. The van der Waals surface area contributed by atoms with E-state index in [1.54, 1.807) is 72.8 Å². The monoisotopic (exact) mass is 522 g/mol. The van der Waals surface area contributed by atoms with Crippen LogP contribution in [0.2, 0.25) is 0 Å².